The minimum atomic E-state index is 0.500. The minimum absolute atomic E-state index is 0.500. The Morgan fingerprint density at radius 1 is 0.875 bits per heavy atom. The van der Waals surface area contributed by atoms with Crippen molar-refractivity contribution >= 4 is 0 Å². The molecule has 8 heavy (non-hydrogen) atoms. The highest BCUT2D eigenvalue weighted by atomic mass is 19.1. The summed E-state index contributed by atoms with van der Waals surface area (Å²) in [6.07, 6.45) is 2.64. The highest BCUT2D eigenvalue weighted by Crippen LogP contribution is 1.76. The van der Waals surface area contributed by atoms with E-state index in [0.717, 1.165) is 0 Å². The van der Waals surface area contributed by atoms with E-state index in [4.69, 9.17) is 0 Å². The van der Waals surface area contributed by atoms with Gasteiger partial charge in [0.15, 0.2) is 0 Å². The van der Waals surface area contributed by atoms with E-state index in [0.29, 0.717) is 7.18 Å². The molecular formula is C7H19F. The third-order valence-corrected chi connectivity index (χ3v) is 0.500. The number of alkyl halides is 1. The quantitative estimate of drug-likeness (QED) is 0.500. The van der Waals surface area contributed by atoms with Crippen LogP contribution in [0.25, 0.3) is 0 Å². The topological polar surface area (TPSA) is 0 Å². The molecule has 0 aliphatic rings. The van der Waals surface area contributed by atoms with Crippen molar-refractivity contribution in [3.63, 3.8) is 0 Å². The molecule has 0 saturated heterocycles. The SMILES string of the molecule is CC.CCCC.CF. The summed E-state index contributed by atoms with van der Waals surface area (Å²) in [7, 11) is 0.500. The maximum absolute atomic E-state index is 9.50. The van der Waals surface area contributed by atoms with Gasteiger partial charge in [0.25, 0.3) is 0 Å². The number of halogens is 1. The average molecular weight is 122 g/mol. The first-order valence-corrected chi connectivity index (χ1v) is 3.29. The van der Waals surface area contributed by atoms with E-state index in [1.165, 1.54) is 12.8 Å². The molecule has 0 heterocycles. The van der Waals surface area contributed by atoms with Gasteiger partial charge in [-0.2, -0.15) is 0 Å². The zero-order valence-electron chi connectivity index (χ0n) is 6.79. The fourth-order valence-electron chi connectivity index (χ4n) is 0. The first-order valence-electron chi connectivity index (χ1n) is 3.29. The molecule has 0 aromatic heterocycles. The van der Waals surface area contributed by atoms with E-state index < -0.39 is 0 Å². The molecule has 1 heteroatoms. The largest absolute Gasteiger partial charge is 0.255 e. The number of hydrogen-bond acceptors (Lipinski definition) is 0. The smallest absolute Gasteiger partial charge is 0.0785 e. The van der Waals surface area contributed by atoms with E-state index in [1.807, 2.05) is 13.8 Å². The maximum atomic E-state index is 9.50. The summed E-state index contributed by atoms with van der Waals surface area (Å²) in [6.45, 7) is 8.36. The summed E-state index contributed by atoms with van der Waals surface area (Å²) in [5, 5.41) is 0. The van der Waals surface area contributed by atoms with E-state index in [-0.39, 0.29) is 0 Å². The van der Waals surface area contributed by atoms with Gasteiger partial charge in [0.05, 0.1) is 7.18 Å². The molecule has 0 N–H and O–H groups in total. The Morgan fingerprint density at radius 2 is 1.00 bits per heavy atom. The fourth-order valence-corrected chi connectivity index (χ4v) is 0. The van der Waals surface area contributed by atoms with Crippen LogP contribution in [0.3, 0.4) is 0 Å². The lowest BCUT2D eigenvalue weighted by molar-refractivity contribution is 0.636. The van der Waals surface area contributed by atoms with Gasteiger partial charge in [-0.1, -0.05) is 40.5 Å². The van der Waals surface area contributed by atoms with Gasteiger partial charge in [-0.25, -0.2) is 0 Å². The second kappa shape index (κ2) is 65.4. The molecule has 0 aliphatic heterocycles. The average Bonchev–Trinajstić information content (AvgIpc) is 1.96. The summed E-state index contributed by atoms with van der Waals surface area (Å²) in [4.78, 5) is 0. The molecule has 54 valence electrons. The van der Waals surface area contributed by atoms with E-state index in [1.54, 1.807) is 0 Å². The lowest BCUT2D eigenvalue weighted by atomic mass is 10.4. The normalized spacial score (nSPS) is 5.25. The van der Waals surface area contributed by atoms with Gasteiger partial charge in [0.1, 0.15) is 0 Å². The van der Waals surface area contributed by atoms with Crippen LogP contribution in [0.5, 0.6) is 0 Å². The van der Waals surface area contributed by atoms with Crippen molar-refractivity contribution < 1.29 is 4.39 Å². The molecule has 0 spiro atoms. The van der Waals surface area contributed by atoms with Crippen molar-refractivity contribution in [2.45, 2.75) is 40.5 Å². The Bertz CT molecular complexity index is 6.35. The predicted octanol–water partition coefficient (Wildman–Crippen LogP) is 3.42. The lowest BCUT2D eigenvalue weighted by Gasteiger charge is -1.68. The standard InChI is InChI=1S/C4H10.C2H6.CH3F/c1-3-4-2;2*1-2/h3-4H2,1-2H3;1-2H3;1H3. The number of hydrogen-bond donors (Lipinski definition) is 0. The number of unbranched alkanes of at least 4 members (excludes halogenated alkanes) is 1. The summed E-state index contributed by atoms with van der Waals surface area (Å²) in [6, 6.07) is 0. The van der Waals surface area contributed by atoms with Crippen LogP contribution in [0.1, 0.15) is 40.5 Å². The van der Waals surface area contributed by atoms with Crippen molar-refractivity contribution in [3.8, 4) is 0 Å². The van der Waals surface area contributed by atoms with Gasteiger partial charge in [-0.3, -0.25) is 4.39 Å². The summed E-state index contributed by atoms with van der Waals surface area (Å²) < 4.78 is 9.50. The molecular weight excluding hydrogens is 103 g/mol. The van der Waals surface area contributed by atoms with Crippen LogP contribution in [-0.2, 0) is 0 Å². The Kier molecular flexibility index (Phi) is 128. The molecule has 0 aliphatic carbocycles. The summed E-state index contributed by atoms with van der Waals surface area (Å²) >= 11 is 0. The predicted molar refractivity (Wildman–Crippen MR) is 39.0 cm³/mol. The van der Waals surface area contributed by atoms with Crippen LogP contribution in [0.4, 0.5) is 4.39 Å². The van der Waals surface area contributed by atoms with E-state index in [2.05, 4.69) is 13.8 Å². The second-order valence-electron chi connectivity index (χ2n) is 1.000. The van der Waals surface area contributed by atoms with Crippen molar-refractivity contribution in [1.82, 2.24) is 0 Å². The van der Waals surface area contributed by atoms with Crippen LogP contribution < -0.4 is 0 Å². The van der Waals surface area contributed by atoms with Gasteiger partial charge in [-0.05, 0) is 0 Å². The highest BCUT2D eigenvalue weighted by Gasteiger charge is 1.56. The molecule has 0 amide bonds. The van der Waals surface area contributed by atoms with Crippen LogP contribution >= 0.6 is 0 Å². The van der Waals surface area contributed by atoms with Crippen molar-refractivity contribution in [3.05, 3.63) is 0 Å². The van der Waals surface area contributed by atoms with E-state index >= 15 is 0 Å². The highest BCUT2D eigenvalue weighted by molar-refractivity contribution is 4.12. The number of rotatable bonds is 1. The van der Waals surface area contributed by atoms with Crippen LogP contribution in [0.2, 0.25) is 0 Å². The monoisotopic (exact) mass is 122 g/mol. The Morgan fingerprint density at radius 3 is 1.00 bits per heavy atom. The van der Waals surface area contributed by atoms with Crippen LogP contribution in [0, 0.1) is 0 Å². The molecule has 0 nitrogen and oxygen atoms in total. The molecule has 0 aromatic carbocycles. The third-order valence-electron chi connectivity index (χ3n) is 0.500. The minimum Gasteiger partial charge on any atom is -0.255 e. The summed E-state index contributed by atoms with van der Waals surface area (Å²) in [5.74, 6) is 0. The molecule has 0 aromatic rings. The molecule has 0 atom stereocenters. The van der Waals surface area contributed by atoms with E-state index in [9.17, 15) is 4.39 Å². The van der Waals surface area contributed by atoms with Gasteiger partial charge in [-0.15, -0.1) is 0 Å². The zero-order chi connectivity index (χ0) is 7.41. The Balaban J connectivity index is -0.0000000542. The first-order chi connectivity index (χ1) is 3.91. The van der Waals surface area contributed by atoms with Gasteiger partial charge in [0.2, 0.25) is 0 Å². The third kappa shape index (κ3) is 167. The van der Waals surface area contributed by atoms with Gasteiger partial charge >= 0.3 is 0 Å². The Labute approximate surface area is 53.1 Å². The Hall–Kier alpha value is -0.0700. The van der Waals surface area contributed by atoms with Crippen molar-refractivity contribution in [1.29, 1.82) is 0 Å². The molecule has 0 unspecified atom stereocenters. The van der Waals surface area contributed by atoms with Crippen molar-refractivity contribution in [2.75, 3.05) is 7.18 Å². The first kappa shape index (κ1) is 15.7. The summed E-state index contributed by atoms with van der Waals surface area (Å²) in [5.41, 5.74) is 0. The van der Waals surface area contributed by atoms with Crippen LogP contribution in [0.15, 0.2) is 0 Å². The lowest BCUT2D eigenvalue weighted by Crippen LogP contribution is -1.47. The molecule has 0 radical (unpaired) electrons. The van der Waals surface area contributed by atoms with Crippen LogP contribution in [-0.4, -0.2) is 7.18 Å². The second-order valence-corrected chi connectivity index (χ2v) is 1.000. The molecule has 0 rings (SSSR count). The molecule has 0 saturated carbocycles. The molecule has 0 fully saturated rings. The zero-order valence-corrected chi connectivity index (χ0v) is 6.79. The van der Waals surface area contributed by atoms with Gasteiger partial charge in [0, 0.05) is 0 Å². The van der Waals surface area contributed by atoms with Crippen molar-refractivity contribution in [2.24, 2.45) is 0 Å². The van der Waals surface area contributed by atoms with Gasteiger partial charge < -0.3 is 0 Å². The molecule has 0 bridgehead atoms. The maximum Gasteiger partial charge on any atom is 0.0785 e. The fraction of sp³-hybridized carbons (Fsp3) is 1.00.